The smallest absolute Gasteiger partial charge is 0.206 e. The molecule has 1 aliphatic heterocycles. The van der Waals surface area contributed by atoms with E-state index in [4.69, 9.17) is 0 Å². The van der Waals surface area contributed by atoms with Gasteiger partial charge in [-0.2, -0.15) is 0 Å². The first kappa shape index (κ1) is 91.9. The zero-order valence-corrected chi connectivity index (χ0v) is 82.7. The molecule has 1 fully saturated rings. The highest BCUT2D eigenvalue weighted by atomic mass is 32.2. The summed E-state index contributed by atoms with van der Waals surface area (Å²) in [5, 5.41) is 5.10. The number of hydrogen-bond donors (Lipinski definition) is 0. The summed E-state index contributed by atoms with van der Waals surface area (Å²) in [6, 6.07) is 176. The summed E-state index contributed by atoms with van der Waals surface area (Å²) in [7, 11) is -3.37. The molecule has 142 heavy (non-hydrogen) atoms. The van der Waals surface area contributed by atoms with E-state index in [1.807, 2.05) is 13.8 Å². The molecule has 692 valence electrons. The Morgan fingerprint density at radius 2 is 0.500 bits per heavy atom. The van der Waals surface area contributed by atoms with Crippen molar-refractivity contribution in [1.82, 2.24) is 9.13 Å². The first-order valence-corrected chi connectivity index (χ1v) is 50.9. The number of para-hydroxylation sites is 6. The molecular weight excluding hydrogens is 1740 g/mol. The summed E-state index contributed by atoms with van der Waals surface area (Å²) >= 11 is 0. The number of rotatable bonds is 13. The third-order valence-electron chi connectivity index (χ3n) is 29.1. The molecule has 0 spiro atoms. The Kier molecular flexibility index (Phi) is 25.5. The molecule has 2 unspecified atom stereocenters. The van der Waals surface area contributed by atoms with Crippen LogP contribution in [-0.4, -0.2) is 30.6 Å². The zero-order chi connectivity index (χ0) is 97.2. The van der Waals surface area contributed by atoms with E-state index in [0.29, 0.717) is 9.79 Å². The molecule has 3 heterocycles. The lowest BCUT2D eigenvalue weighted by atomic mass is 9.67. The van der Waals surface area contributed by atoms with E-state index in [1.165, 1.54) is 194 Å². The van der Waals surface area contributed by atoms with Crippen molar-refractivity contribution < 1.29 is 8.42 Å². The predicted octanol–water partition coefficient (Wildman–Crippen LogP) is 33.4. The molecule has 1 saturated heterocycles. The number of sulfone groups is 1. The maximum absolute atomic E-state index is 12.3. The van der Waals surface area contributed by atoms with Gasteiger partial charge in [0.15, 0.2) is 0 Å². The van der Waals surface area contributed by atoms with Gasteiger partial charge in [0.2, 0.25) is 9.84 Å². The van der Waals surface area contributed by atoms with Crippen molar-refractivity contribution in [2.75, 3.05) is 22.9 Å². The lowest BCUT2D eigenvalue weighted by molar-refractivity contribution is 0.462. The van der Waals surface area contributed by atoms with Crippen molar-refractivity contribution in [3.05, 3.63) is 597 Å². The van der Waals surface area contributed by atoms with Crippen LogP contribution in [0.2, 0.25) is 0 Å². The van der Waals surface area contributed by atoms with Crippen LogP contribution in [0.3, 0.4) is 0 Å². The maximum Gasteiger partial charge on any atom is 0.206 e. The first-order chi connectivity index (χ1) is 69.4. The molecule has 2 aliphatic carbocycles. The van der Waals surface area contributed by atoms with Crippen LogP contribution >= 0.6 is 0 Å². The summed E-state index contributed by atoms with van der Waals surface area (Å²) < 4.78 is 29.4. The molecule has 2 aromatic heterocycles. The van der Waals surface area contributed by atoms with Crippen LogP contribution in [0.25, 0.3) is 88.4 Å². The minimum absolute atomic E-state index is 0.269. The molecule has 0 bridgehead atoms. The third kappa shape index (κ3) is 17.3. The van der Waals surface area contributed by atoms with Gasteiger partial charge in [0.1, 0.15) is 0 Å². The number of piperazine rings is 1. The normalized spacial score (nSPS) is 14.0. The van der Waals surface area contributed by atoms with E-state index in [9.17, 15) is 8.42 Å². The number of nitrogens with zero attached hydrogens (tertiary/aromatic N) is 4. The van der Waals surface area contributed by atoms with Crippen molar-refractivity contribution in [2.24, 2.45) is 0 Å². The lowest BCUT2D eigenvalue weighted by Gasteiger charge is -2.49. The maximum atomic E-state index is 12.3. The molecular formula is C135H114N4O2S. The van der Waals surface area contributed by atoms with E-state index in [-0.39, 0.29) is 22.9 Å². The van der Waals surface area contributed by atoms with Crippen molar-refractivity contribution >= 4 is 64.8 Å². The molecule has 6 nitrogen and oxygen atoms in total. The molecule has 2 atom stereocenters. The fourth-order valence-electron chi connectivity index (χ4n) is 22.0. The second-order valence-corrected chi connectivity index (χ2v) is 40.3. The number of fused-ring (bicyclic) bond motifs is 12. The van der Waals surface area contributed by atoms with Crippen LogP contribution in [0.5, 0.6) is 0 Å². The summed E-state index contributed by atoms with van der Waals surface area (Å²) in [4.78, 5) is 5.86. The van der Waals surface area contributed by atoms with Crippen LogP contribution in [-0.2, 0) is 20.7 Å². The predicted molar refractivity (Wildman–Crippen MR) is 595 cm³/mol. The van der Waals surface area contributed by atoms with E-state index < -0.39 is 9.84 Å². The largest absolute Gasteiger partial charge is 0.360 e. The van der Waals surface area contributed by atoms with Crippen LogP contribution in [0, 0.1) is 62.3 Å². The minimum atomic E-state index is -3.37. The highest BCUT2D eigenvalue weighted by Crippen LogP contribution is 2.59. The Morgan fingerprint density at radius 1 is 0.225 bits per heavy atom. The number of aromatic nitrogens is 2. The van der Waals surface area contributed by atoms with Gasteiger partial charge >= 0.3 is 0 Å². The Hall–Kier alpha value is -16.5. The standard InChI is InChI=1S/C37H26N2.C30H30N2.2C27H22.C14H14O2S/c1-25-23-37(39-34-21-11-7-17-29(34)30-18-8-12-22-35(30)39)31(26-13-3-2-4-14-26)24-36(25)38-32-19-9-5-15-27(32)28-16-6-10-20-33(28)38;1-23-13-17-25(18-14-23)29-21-32(28-11-7-4-8-12-28)30(26-19-15-24(2)16-20-26)22-31(29)27-9-5-3-6-10-27;1-19-11-15-21(16-12-19)27(22-17-13-20(2)14-18-22)25-9-5-3-7-23(25)24-8-4-6-10-26(24)27;1-19-13-15-23-24-16-14-20(2)18-26(24)27(25(23)17-19,21-9-5-3-6-10-21)22-11-7-4-8-12-22;1-11-3-7-13(8-4-11)17(15,16)14-9-5-12(2)6-10-14/h2-24H,1H3;3-20,29-30H,21-22H2,1-2H3;2*3-18H,1-2H3;3-10H,1-2H3. The highest BCUT2D eigenvalue weighted by molar-refractivity contribution is 7.91. The molecule has 22 aromatic rings. The van der Waals surface area contributed by atoms with Crippen molar-refractivity contribution in [2.45, 2.75) is 95.0 Å². The average Bonchev–Trinajstić information content (AvgIpc) is 1.54. The van der Waals surface area contributed by atoms with Gasteiger partial charge in [-0.1, -0.05) is 451 Å². The summed E-state index contributed by atoms with van der Waals surface area (Å²) in [5.74, 6) is 0. The van der Waals surface area contributed by atoms with Gasteiger partial charge < -0.3 is 18.9 Å². The van der Waals surface area contributed by atoms with Crippen molar-refractivity contribution in [3.8, 4) is 44.8 Å². The number of hydrogen-bond acceptors (Lipinski definition) is 4. The highest BCUT2D eigenvalue weighted by Gasteiger charge is 2.48. The monoisotopic (exact) mass is 1850 g/mol. The first-order valence-electron chi connectivity index (χ1n) is 49.4. The summed E-state index contributed by atoms with van der Waals surface area (Å²) in [5.41, 5.74) is 41.8. The Morgan fingerprint density at radius 3 is 0.866 bits per heavy atom. The number of anilines is 2. The molecule has 25 rings (SSSR count). The van der Waals surface area contributed by atoms with Crippen molar-refractivity contribution in [1.29, 1.82) is 0 Å². The van der Waals surface area contributed by atoms with Gasteiger partial charge in [0, 0.05) is 57.3 Å². The summed E-state index contributed by atoms with van der Waals surface area (Å²) in [6.07, 6.45) is 0. The molecule has 7 heteroatoms. The SMILES string of the molecule is Cc1cc(-n2c3ccccc3c3ccccc32)c(-c2ccccc2)cc1-n1c2ccccc2c2ccccc21.Cc1ccc(C2(c3ccc(C)cc3)c3ccccc3-c3ccccc32)cc1.Cc1ccc(C2CN(c3ccccc3)C(c3ccc(C)cc3)CN2c2ccccc2)cc1.Cc1ccc(S(=O)(=O)c2ccc(C)cc2)cc1.Cc1ccc2c(c1)C(c1ccccc1)(c1ccccc1)c1cc(C)ccc1-2. The average molecular weight is 1860 g/mol. The quantitative estimate of drug-likeness (QED) is 0.115. The minimum Gasteiger partial charge on any atom is -0.360 e. The second-order valence-electron chi connectivity index (χ2n) is 38.4. The topological polar surface area (TPSA) is 50.5 Å². The molecule has 3 aliphatic rings. The van der Waals surface area contributed by atoms with Gasteiger partial charge in [0.05, 0.1) is 60.5 Å². The Bertz CT molecular complexity index is 7970. The van der Waals surface area contributed by atoms with Crippen LogP contribution in [0.4, 0.5) is 11.4 Å². The summed E-state index contributed by atoms with van der Waals surface area (Å²) in [6.45, 7) is 21.0. The van der Waals surface area contributed by atoms with Gasteiger partial charge in [-0.05, 0) is 236 Å². The molecule has 0 N–H and O–H groups in total. The zero-order valence-electron chi connectivity index (χ0n) is 81.8. The van der Waals surface area contributed by atoms with Gasteiger partial charge in [-0.25, -0.2) is 8.42 Å². The third-order valence-corrected chi connectivity index (χ3v) is 30.9. The van der Waals surface area contributed by atoms with Crippen LogP contribution < -0.4 is 9.80 Å². The molecule has 0 amide bonds. The van der Waals surface area contributed by atoms with E-state index >= 15 is 0 Å². The van der Waals surface area contributed by atoms with Gasteiger partial charge in [-0.15, -0.1) is 0 Å². The molecule has 0 radical (unpaired) electrons. The number of aryl methyl sites for hydroxylation is 9. The Labute approximate surface area is 836 Å². The lowest BCUT2D eigenvalue weighted by Crippen LogP contribution is -2.50. The van der Waals surface area contributed by atoms with Gasteiger partial charge in [0.25, 0.3) is 0 Å². The van der Waals surface area contributed by atoms with E-state index in [2.05, 4.69) is 510 Å². The van der Waals surface area contributed by atoms with E-state index in [0.717, 1.165) is 24.2 Å². The van der Waals surface area contributed by atoms with Crippen LogP contribution in [0.1, 0.15) is 118 Å². The van der Waals surface area contributed by atoms with Crippen LogP contribution in [0.15, 0.2) is 501 Å². The number of benzene rings is 20. The van der Waals surface area contributed by atoms with Crippen molar-refractivity contribution in [3.63, 3.8) is 0 Å². The molecule has 20 aromatic carbocycles. The fourth-order valence-corrected chi connectivity index (χ4v) is 23.3. The Balaban J connectivity index is 0.000000107. The fraction of sp³-hybridized carbons (Fsp3) is 0.111. The van der Waals surface area contributed by atoms with E-state index in [1.54, 1.807) is 48.5 Å². The second kappa shape index (κ2) is 39.4. The molecule has 0 saturated carbocycles. The van der Waals surface area contributed by atoms with Gasteiger partial charge in [-0.3, -0.25) is 0 Å².